The van der Waals surface area contributed by atoms with Gasteiger partial charge in [-0.3, -0.25) is 0 Å². The topological polar surface area (TPSA) is 38.1 Å². The second-order valence-electron chi connectivity index (χ2n) is 4.34. The highest BCUT2D eigenvalue weighted by molar-refractivity contribution is 9.10. The summed E-state index contributed by atoms with van der Waals surface area (Å²) >= 11 is 3.51. The van der Waals surface area contributed by atoms with Crippen molar-refractivity contribution in [2.45, 2.75) is 45.3 Å². The number of fused-ring (bicyclic) bond motifs is 1. The van der Waals surface area contributed by atoms with Gasteiger partial charge in [-0.1, -0.05) is 0 Å². The van der Waals surface area contributed by atoms with Crippen LogP contribution in [0.5, 0.6) is 0 Å². The number of rotatable bonds is 1. The standard InChI is InChI=1S/C10H15BrN2O/c1-10(2,14)8-9(11)13-6-4-3-5-7(13)12-8/h14H,3-6H2,1-2H3. The molecule has 4 heteroatoms. The van der Waals surface area contributed by atoms with Gasteiger partial charge >= 0.3 is 0 Å². The van der Waals surface area contributed by atoms with E-state index in [-0.39, 0.29) is 0 Å². The van der Waals surface area contributed by atoms with Crippen molar-refractivity contribution in [3.05, 3.63) is 16.1 Å². The van der Waals surface area contributed by atoms with Crippen LogP contribution in [0.1, 0.15) is 38.2 Å². The summed E-state index contributed by atoms with van der Waals surface area (Å²) in [4.78, 5) is 4.49. The van der Waals surface area contributed by atoms with Gasteiger partial charge in [-0.2, -0.15) is 0 Å². The molecular formula is C10H15BrN2O. The van der Waals surface area contributed by atoms with E-state index in [4.69, 9.17) is 0 Å². The predicted octanol–water partition coefficient (Wildman–Crippen LogP) is 2.21. The van der Waals surface area contributed by atoms with Crippen molar-refractivity contribution in [2.75, 3.05) is 0 Å². The van der Waals surface area contributed by atoms with E-state index in [1.807, 2.05) is 0 Å². The summed E-state index contributed by atoms with van der Waals surface area (Å²) in [5.41, 5.74) is -0.0993. The maximum Gasteiger partial charge on any atom is 0.111 e. The highest BCUT2D eigenvalue weighted by Gasteiger charge is 2.27. The van der Waals surface area contributed by atoms with Crippen molar-refractivity contribution in [1.29, 1.82) is 0 Å². The molecule has 0 saturated heterocycles. The predicted molar refractivity (Wildman–Crippen MR) is 58.1 cm³/mol. The molecule has 0 aliphatic carbocycles. The van der Waals surface area contributed by atoms with Gasteiger partial charge in [0.15, 0.2) is 0 Å². The first kappa shape index (κ1) is 10.2. The molecule has 0 bridgehead atoms. The van der Waals surface area contributed by atoms with Gasteiger partial charge in [-0.15, -0.1) is 0 Å². The number of hydrogen-bond acceptors (Lipinski definition) is 2. The fourth-order valence-electron chi connectivity index (χ4n) is 1.84. The van der Waals surface area contributed by atoms with Crippen LogP contribution < -0.4 is 0 Å². The third kappa shape index (κ3) is 1.61. The first-order valence-electron chi connectivity index (χ1n) is 4.98. The van der Waals surface area contributed by atoms with Crippen LogP contribution in [-0.2, 0) is 18.6 Å². The van der Waals surface area contributed by atoms with Crippen LogP contribution in [0.15, 0.2) is 4.60 Å². The van der Waals surface area contributed by atoms with Gasteiger partial charge in [0.2, 0.25) is 0 Å². The fraction of sp³-hybridized carbons (Fsp3) is 0.700. The molecule has 0 atom stereocenters. The quantitative estimate of drug-likeness (QED) is 0.839. The molecule has 0 amide bonds. The molecule has 1 aromatic rings. The third-order valence-corrected chi connectivity index (χ3v) is 3.40. The SMILES string of the molecule is CC(C)(O)c1nc2n(c1Br)CCCC2. The lowest BCUT2D eigenvalue weighted by Gasteiger charge is -2.15. The zero-order chi connectivity index (χ0) is 10.3. The Balaban J connectivity index is 2.49. The Morgan fingerprint density at radius 2 is 2.14 bits per heavy atom. The molecule has 1 N–H and O–H groups in total. The van der Waals surface area contributed by atoms with E-state index in [2.05, 4.69) is 25.5 Å². The number of aromatic nitrogens is 2. The summed E-state index contributed by atoms with van der Waals surface area (Å²) in [7, 11) is 0. The van der Waals surface area contributed by atoms with Gasteiger partial charge < -0.3 is 9.67 Å². The van der Waals surface area contributed by atoms with Crippen molar-refractivity contribution in [3.8, 4) is 0 Å². The number of nitrogens with zero attached hydrogens (tertiary/aromatic N) is 2. The van der Waals surface area contributed by atoms with E-state index < -0.39 is 5.60 Å². The van der Waals surface area contributed by atoms with Crippen molar-refractivity contribution in [3.63, 3.8) is 0 Å². The Bertz CT molecular complexity index is 352. The number of aryl methyl sites for hydroxylation is 1. The average Bonchev–Trinajstić information content (AvgIpc) is 2.44. The molecule has 0 fully saturated rings. The summed E-state index contributed by atoms with van der Waals surface area (Å²) in [6, 6.07) is 0. The van der Waals surface area contributed by atoms with Gasteiger partial charge in [0.25, 0.3) is 0 Å². The molecule has 1 aromatic heterocycles. The Morgan fingerprint density at radius 1 is 1.43 bits per heavy atom. The molecule has 78 valence electrons. The number of hydrogen-bond donors (Lipinski definition) is 1. The lowest BCUT2D eigenvalue weighted by Crippen LogP contribution is -2.17. The van der Waals surface area contributed by atoms with E-state index in [1.165, 1.54) is 12.8 Å². The first-order valence-corrected chi connectivity index (χ1v) is 5.77. The lowest BCUT2D eigenvalue weighted by molar-refractivity contribution is 0.0732. The molecule has 0 saturated carbocycles. The summed E-state index contributed by atoms with van der Waals surface area (Å²) in [6.07, 6.45) is 3.43. The van der Waals surface area contributed by atoms with Gasteiger partial charge in [-0.25, -0.2) is 4.98 Å². The molecule has 3 nitrogen and oxygen atoms in total. The van der Waals surface area contributed by atoms with Crippen LogP contribution in [0.25, 0.3) is 0 Å². The van der Waals surface area contributed by atoms with Crippen LogP contribution in [0.2, 0.25) is 0 Å². The highest BCUT2D eigenvalue weighted by atomic mass is 79.9. The third-order valence-electron chi connectivity index (χ3n) is 2.60. The monoisotopic (exact) mass is 258 g/mol. The van der Waals surface area contributed by atoms with Crippen LogP contribution in [-0.4, -0.2) is 14.7 Å². The van der Waals surface area contributed by atoms with Crippen molar-refractivity contribution in [2.24, 2.45) is 0 Å². The van der Waals surface area contributed by atoms with E-state index >= 15 is 0 Å². The van der Waals surface area contributed by atoms with E-state index in [0.29, 0.717) is 0 Å². The molecule has 0 aromatic carbocycles. The summed E-state index contributed by atoms with van der Waals surface area (Å²) in [5, 5.41) is 9.91. The minimum atomic E-state index is -0.858. The second kappa shape index (κ2) is 3.35. The molecule has 14 heavy (non-hydrogen) atoms. The van der Waals surface area contributed by atoms with Crippen LogP contribution in [0.4, 0.5) is 0 Å². The molecule has 0 spiro atoms. The summed E-state index contributed by atoms with van der Waals surface area (Å²) < 4.78 is 3.11. The Labute approximate surface area is 92.3 Å². The van der Waals surface area contributed by atoms with Crippen molar-refractivity contribution < 1.29 is 5.11 Å². The van der Waals surface area contributed by atoms with Gasteiger partial charge in [0.05, 0.1) is 0 Å². The van der Waals surface area contributed by atoms with E-state index in [9.17, 15) is 5.11 Å². The maximum atomic E-state index is 9.91. The van der Waals surface area contributed by atoms with Gasteiger partial charge in [0, 0.05) is 13.0 Å². The molecule has 2 heterocycles. The van der Waals surface area contributed by atoms with Crippen LogP contribution in [0.3, 0.4) is 0 Å². The molecule has 0 unspecified atom stereocenters. The highest BCUT2D eigenvalue weighted by Crippen LogP contribution is 2.30. The minimum Gasteiger partial charge on any atom is -0.384 e. The van der Waals surface area contributed by atoms with Gasteiger partial charge in [0.1, 0.15) is 21.7 Å². The zero-order valence-electron chi connectivity index (χ0n) is 8.55. The number of halogens is 1. The van der Waals surface area contributed by atoms with Crippen molar-refractivity contribution >= 4 is 15.9 Å². The fourth-order valence-corrected chi connectivity index (χ4v) is 2.79. The first-order chi connectivity index (χ1) is 6.50. The zero-order valence-corrected chi connectivity index (χ0v) is 10.1. The van der Waals surface area contributed by atoms with Gasteiger partial charge in [-0.05, 0) is 42.6 Å². The second-order valence-corrected chi connectivity index (χ2v) is 5.09. The van der Waals surface area contributed by atoms with Crippen LogP contribution >= 0.6 is 15.9 Å². The maximum absolute atomic E-state index is 9.91. The number of aliphatic hydroxyl groups is 1. The largest absolute Gasteiger partial charge is 0.384 e. The summed E-state index contributed by atoms with van der Waals surface area (Å²) in [5.74, 6) is 1.10. The number of imidazole rings is 1. The Morgan fingerprint density at radius 3 is 2.71 bits per heavy atom. The molecular weight excluding hydrogens is 244 g/mol. The van der Waals surface area contributed by atoms with Crippen molar-refractivity contribution in [1.82, 2.24) is 9.55 Å². The molecule has 1 aliphatic heterocycles. The Kier molecular flexibility index (Phi) is 2.43. The lowest BCUT2D eigenvalue weighted by atomic mass is 10.1. The minimum absolute atomic E-state index is 0.759. The Hall–Kier alpha value is -0.350. The van der Waals surface area contributed by atoms with E-state index in [0.717, 1.165) is 29.1 Å². The molecule has 0 radical (unpaired) electrons. The molecule has 1 aliphatic rings. The average molecular weight is 259 g/mol. The van der Waals surface area contributed by atoms with Crippen LogP contribution in [0, 0.1) is 0 Å². The smallest absolute Gasteiger partial charge is 0.111 e. The summed E-state index contributed by atoms with van der Waals surface area (Å²) in [6.45, 7) is 4.55. The van der Waals surface area contributed by atoms with E-state index in [1.54, 1.807) is 13.8 Å². The normalized spacial score (nSPS) is 16.9. The molecule has 2 rings (SSSR count).